The Hall–Kier alpha value is -2.15. The van der Waals surface area contributed by atoms with Crippen LogP contribution >= 0.6 is 0 Å². The maximum atomic E-state index is 11.6. The number of benzene rings is 1. The van der Waals surface area contributed by atoms with Gasteiger partial charge < -0.3 is 4.98 Å². The first-order chi connectivity index (χ1) is 9.88. The Labute approximate surface area is 122 Å². The van der Waals surface area contributed by atoms with E-state index in [0.29, 0.717) is 11.3 Å². The molecule has 1 aromatic carbocycles. The van der Waals surface area contributed by atoms with E-state index in [2.05, 4.69) is 15.1 Å². The van der Waals surface area contributed by atoms with Crippen LogP contribution in [0.3, 0.4) is 0 Å². The zero-order valence-electron chi connectivity index (χ0n) is 12.1. The standard InChI is InChI=1S/C14H16N4O2S/c1-4-11-10(8-18(2)17-11)14-15-12-6-5-9(21(3,19)20)7-13(12)16-14/h5-8H,4H2,1-3H3,(H,15,16). The van der Waals surface area contributed by atoms with Crippen molar-refractivity contribution in [3.63, 3.8) is 0 Å². The fourth-order valence-electron chi connectivity index (χ4n) is 2.34. The minimum absolute atomic E-state index is 0.284. The molecule has 0 unspecified atom stereocenters. The van der Waals surface area contributed by atoms with Crippen LogP contribution < -0.4 is 0 Å². The van der Waals surface area contributed by atoms with Crippen molar-refractivity contribution in [2.24, 2.45) is 7.05 Å². The summed E-state index contributed by atoms with van der Waals surface area (Å²) in [6, 6.07) is 4.91. The number of fused-ring (bicyclic) bond motifs is 1. The van der Waals surface area contributed by atoms with Gasteiger partial charge in [-0.1, -0.05) is 6.92 Å². The Morgan fingerprint density at radius 2 is 2.10 bits per heavy atom. The van der Waals surface area contributed by atoms with Gasteiger partial charge in [0.25, 0.3) is 0 Å². The van der Waals surface area contributed by atoms with E-state index in [1.54, 1.807) is 22.9 Å². The molecule has 7 heteroatoms. The van der Waals surface area contributed by atoms with Crippen LogP contribution in [0.15, 0.2) is 29.3 Å². The third-order valence-electron chi connectivity index (χ3n) is 3.38. The monoisotopic (exact) mass is 304 g/mol. The SMILES string of the molecule is CCc1nn(C)cc1-c1nc2ccc(S(C)(=O)=O)cc2[nH]1. The molecule has 3 aromatic rings. The van der Waals surface area contributed by atoms with E-state index in [4.69, 9.17) is 0 Å². The molecule has 21 heavy (non-hydrogen) atoms. The second kappa shape index (κ2) is 4.70. The van der Waals surface area contributed by atoms with E-state index in [0.717, 1.165) is 23.2 Å². The van der Waals surface area contributed by atoms with Crippen molar-refractivity contribution >= 4 is 20.9 Å². The van der Waals surface area contributed by atoms with Crippen molar-refractivity contribution in [3.8, 4) is 11.4 Å². The lowest BCUT2D eigenvalue weighted by Gasteiger charge is -1.96. The zero-order valence-corrected chi connectivity index (χ0v) is 12.9. The van der Waals surface area contributed by atoms with E-state index in [9.17, 15) is 8.42 Å². The fourth-order valence-corrected chi connectivity index (χ4v) is 2.99. The summed E-state index contributed by atoms with van der Waals surface area (Å²) in [6.07, 6.45) is 3.91. The molecule has 0 bridgehead atoms. The van der Waals surface area contributed by atoms with E-state index in [1.807, 2.05) is 20.2 Å². The quantitative estimate of drug-likeness (QED) is 0.801. The van der Waals surface area contributed by atoms with Gasteiger partial charge in [-0.05, 0) is 24.6 Å². The summed E-state index contributed by atoms with van der Waals surface area (Å²) >= 11 is 0. The number of hydrogen-bond donors (Lipinski definition) is 1. The minimum Gasteiger partial charge on any atom is -0.338 e. The van der Waals surface area contributed by atoms with Gasteiger partial charge in [-0.2, -0.15) is 5.10 Å². The molecule has 0 radical (unpaired) electrons. The number of hydrogen-bond acceptors (Lipinski definition) is 4. The second-order valence-corrected chi connectivity index (χ2v) is 7.07. The number of aryl methyl sites for hydroxylation is 2. The van der Waals surface area contributed by atoms with Gasteiger partial charge in [-0.15, -0.1) is 0 Å². The average molecular weight is 304 g/mol. The van der Waals surface area contributed by atoms with Crippen molar-refractivity contribution in [3.05, 3.63) is 30.1 Å². The molecule has 3 rings (SSSR count). The molecular formula is C14H16N4O2S. The van der Waals surface area contributed by atoms with Gasteiger partial charge in [-0.25, -0.2) is 13.4 Å². The highest BCUT2D eigenvalue weighted by atomic mass is 32.2. The lowest BCUT2D eigenvalue weighted by molar-refractivity contribution is 0.602. The predicted molar refractivity (Wildman–Crippen MR) is 80.8 cm³/mol. The lowest BCUT2D eigenvalue weighted by atomic mass is 10.2. The Balaban J connectivity index is 2.17. The maximum absolute atomic E-state index is 11.6. The van der Waals surface area contributed by atoms with Crippen LogP contribution in [0.5, 0.6) is 0 Å². The lowest BCUT2D eigenvalue weighted by Crippen LogP contribution is -1.96. The van der Waals surface area contributed by atoms with Crippen molar-refractivity contribution < 1.29 is 8.42 Å². The predicted octanol–water partition coefficient (Wildman–Crippen LogP) is 1.93. The number of aromatic amines is 1. The summed E-state index contributed by atoms with van der Waals surface area (Å²) in [5, 5.41) is 4.39. The van der Waals surface area contributed by atoms with E-state index >= 15 is 0 Å². The molecule has 6 nitrogen and oxygen atoms in total. The van der Waals surface area contributed by atoms with Gasteiger partial charge in [0.2, 0.25) is 0 Å². The number of nitrogens with one attached hydrogen (secondary N) is 1. The third kappa shape index (κ3) is 2.44. The molecule has 0 fully saturated rings. The summed E-state index contributed by atoms with van der Waals surface area (Å²) < 4.78 is 25.0. The van der Waals surface area contributed by atoms with E-state index in [1.165, 1.54) is 6.26 Å². The van der Waals surface area contributed by atoms with Crippen molar-refractivity contribution in [2.45, 2.75) is 18.2 Å². The van der Waals surface area contributed by atoms with Crippen LogP contribution in [0.4, 0.5) is 0 Å². The minimum atomic E-state index is -3.22. The highest BCUT2D eigenvalue weighted by Crippen LogP contribution is 2.25. The Kier molecular flexibility index (Phi) is 3.09. The Bertz CT molecular complexity index is 922. The molecule has 2 aromatic heterocycles. The van der Waals surface area contributed by atoms with Crippen molar-refractivity contribution in [1.82, 2.24) is 19.7 Å². The van der Waals surface area contributed by atoms with Gasteiger partial charge >= 0.3 is 0 Å². The molecular weight excluding hydrogens is 288 g/mol. The summed E-state index contributed by atoms with van der Waals surface area (Å²) in [5.74, 6) is 0.709. The largest absolute Gasteiger partial charge is 0.338 e. The van der Waals surface area contributed by atoms with Crippen LogP contribution in [-0.2, 0) is 23.3 Å². The Morgan fingerprint density at radius 1 is 1.33 bits per heavy atom. The first kappa shape index (κ1) is 13.8. The topological polar surface area (TPSA) is 80.6 Å². The summed E-state index contributed by atoms with van der Waals surface area (Å²) in [5.41, 5.74) is 3.35. The first-order valence-electron chi connectivity index (χ1n) is 6.61. The smallest absolute Gasteiger partial charge is 0.175 e. The normalized spacial score (nSPS) is 12.1. The molecule has 0 saturated carbocycles. The highest BCUT2D eigenvalue weighted by Gasteiger charge is 2.14. The number of imidazole rings is 1. The summed E-state index contributed by atoms with van der Waals surface area (Å²) in [7, 11) is -1.35. The third-order valence-corrected chi connectivity index (χ3v) is 4.49. The number of rotatable bonds is 3. The van der Waals surface area contributed by atoms with Gasteiger partial charge in [0.15, 0.2) is 9.84 Å². The van der Waals surface area contributed by atoms with E-state index < -0.39 is 9.84 Å². The maximum Gasteiger partial charge on any atom is 0.175 e. The van der Waals surface area contributed by atoms with Crippen molar-refractivity contribution in [1.29, 1.82) is 0 Å². The number of nitrogens with zero attached hydrogens (tertiary/aromatic N) is 3. The first-order valence-corrected chi connectivity index (χ1v) is 8.50. The van der Waals surface area contributed by atoms with Gasteiger partial charge in [-0.3, -0.25) is 4.68 Å². The molecule has 0 aliphatic heterocycles. The zero-order chi connectivity index (χ0) is 15.2. The van der Waals surface area contributed by atoms with Crippen molar-refractivity contribution in [2.75, 3.05) is 6.26 Å². The van der Waals surface area contributed by atoms with Gasteiger partial charge in [0.1, 0.15) is 5.82 Å². The molecule has 2 heterocycles. The Morgan fingerprint density at radius 3 is 2.76 bits per heavy atom. The number of sulfone groups is 1. The summed E-state index contributed by atoms with van der Waals surface area (Å²) in [4.78, 5) is 7.99. The molecule has 0 saturated heterocycles. The molecule has 0 amide bonds. The second-order valence-electron chi connectivity index (χ2n) is 5.05. The van der Waals surface area contributed by atoms with Crippen LogP contribution in [0.25, 0.3) is 22.4 Å². The van der Waals surface area contributed by atoms with Crippen LogP contribution in [0.2, 0.25) is 0 Å². The van der Waals surface area contributed by atoms with Gasteiger partial charge in [0, 0.05) is 19.5 Å². The molecule has 110 valence electrons. The molecule has 0 spiro atoms. The fraction of sp³-hybridized carbons (Fsp3) is 0.286. The molecule has 1 N–H and O–H groups in total. The van der Waals surface area contributed by atoms with Crippen LogP contribution in [0.1, 0.15) is 12.6 Å². The highest BCUT2D eigenvalue weighted by molar-refractivity contribution is 7.90. The van der Waals surface area contributed by atoms with E-state index in [-0.39, 0.29) is 4.90 Å². The summed E-state index contributed by atoms with van der Waals surface area (Å²) in [6.45, 7) is 2.04. The number of aromatic nitrogens is 4. The molecule has 0 atom stereocenters. The number of H-pyrrole nitrogens is 1. The van der Waals surface area contributed by atoms with Gasteiger partial charge in [0.05, 0.1) is 27.2 Å². The molecule has 0 aliphatic rings. The average Bonchev–Trinajstić information content (AvgIpc) is 2.99. The van der Waals surface area contributed by atoms with Crippen LogP contribution in [0, 0.1) is 0 Å². The van der Waals surface area contributed by atoms with Crippen LogP contribution in [-0.4, -0.2) is 34.4 Å². The molecule has 0 aliphatic carbocycles.